The molecule has 0 atom stereocenters. The van der Waals surface area contributed by atoms with E-state index in [1.165, 1.54) is 89.4 Å². The fourth-order valence-corrected chi connectivity index (χ4v) is 9.20. The zero-order chi connectivity index (χ0) is 56.7. The molecule has 8 rings (SSSR count). The second-order valence-electron chi connectivity index (χ2n) is 22.7. The summed E-state index contributed by atoms with van der Waals surface area (Å²) in [7, 11) is 8.27. The average Bonchev–Trinajstić information content (AvgIpc) is 3.33. The zero-order valence-corrected chi connectivity index (χ0v) is 48.4. The van der Waals surface area contributed by atoms with E-state index in [1.54, 1.807) is 0 Å². The number of pyridine rings is 4. The Balaban J connectivity index is 0.000000221. The summed E-state index contributed by atoms with van der Waals surface area (Å²) in [5.74, 6) is -0.554. The van der Waals surface area contributed by atoms with Crippen LogP contribution in [0.15, 0.2) is 152 Å². The predicted octanol–water partition coefficient (Wildman–Crippen LogP) is 16.1. The van der Waals surface area contributed by atoms with E-state index in [4.69, 9.17) is 4.11 Å². The summed E-state index contributed by atoms with van der Waals surface area (Å²) in [6, 6.07) is 44.5. The quantitative estimate of drug-likeness (QED) is 0.141. The van der Waals surface area contributed by atoms with Crippen molar-refractivity contribution in [2.24, 2.45) is 39.0 Å². The van der Waals surface area contributed by atoms with Crippen molar-refractivity contribution in [1.29, 1.82) is 0 Å². The van der Waals surface area contributed by atoms with Gasteiger partial charge in [-0.1, -0.05) is 123 Å². The topological polar surface area (TPSA) is 15.5 Å². The van der Waals surface area contributed by atoms with Gasteiger partial charge in [-0.15, -0.1) is 0 Å². The van der Waals surface area contributed by atoms with E-state index in [-0.39, 0.29) is 7.43 Å². The van der Waals surface area contributed by atoms with Gasteiger partial charge in [0.05, 0.1) is 0 Å². The van der Waals surface area contributed by atoms with E-state index in [9.17, 15) is 0 Å². The van der Waals surface area contributed by atoms with Gasteiger partial charge in [0, 0.05) is 72.9 Å². The highest BCUT2D eigenvalue weighted by Gasteiger charge is 2.20. The molecule has 0 spiro atoms. The molecule has 0 saturated heterocycles. The van der Waals surface area contributed by atoms with E-state index < -0.39 is 17.7 Å². The second kappa shape index (κ2) is 26.1. The maximum atomic E-state index is 8.39. The summed E-state index contributed by atoms with van der Waals surface area (Å²) >= 11 is 0. The molecule has 0 unspecified atom stereocenters. The largest absolute Gasteiger partial charge is 0.212 e. The van der Waals surface area contributed by atoms with Crippen LogP contribution in [0.2, 0.25) is 0 Å². The summed E-state index contributed by atoms with van der Waals surface area (Å²) in [4.78, 5) is 0. The van der Waals surface area contributed by atoms with E-state index in [0.717, 1.165) is 23.2 Å². The molecular formula is C70H94N4+4. The van der Waals surface area contributed by atoms with Crippen molar-refractivity contribution < 1.29 is 22.4 Å². The van der Waals surface area contributed by atoms with Crippen molar-refractivity contribution in [2.75, 3.05) is 0 Å². The van der Waals surface area contributed by atoms with Crippen LogP contribution in [0.1, 0.15) is 134 Å². The summed E-state index contributed by atoms with van der Waals surface area (Å²) in [5.41, 5.74) is 23.6. The molecule has 390 valence electrons. The summed E-state index contributed by atoms with van der Waals surface area (Å²) in [5, 5.41) is 0. The lowest BCUT2D eigenvalue weighted by molar-refractivity contribution is -0.661. The van der Waals surface area contributed by atoms with Crippen LogP contribution in [0.3, 0.4) is 0 Å². The maximum absolute atomic E-state index is 8.39. The SMILES string of the molecule is C.Cc1cc(-c2ccc(C)c(C)c2C)[n+](C)cc1C.Cc1ccccc1-c1ccc(CC(C)(C)C)c[n+]1C.[2H]C(C)(C)c1ccc(-c2ccccc2C)[n+](C)c1.[2H]C([2H])(c1ccc(-c2ccccc2C)[n+](C)c1)C(C)(C)C. The van der Waals surface area contributed by atoms with Crippen molar-refractivity contribution >= 4 is 0 Å². The minimum Gasteiger partial charge on any atom is -0.201 e. The number of hydrogen-bond donors (Lipinski definition) is 0. The Kier molecular flexibility index (Phi) is 19.5. The highest BCUT2D eigenvalue weighted by molar-refractivity contribution is 5.65. The highest BCUT2D eigenvalue weighted by Crippen LogP contribution is 2.28. The van der Waals surface area contributed by atoms with Gasteiger partial charge in [0.15, 0.2) is 24.8 Å². The van der Waals surface area contributed by atoms with E-state index in [1.807, 2.05) is 83.7 Å². The summed E-state index contributed by atoms with van der Waals surface area (Å²) in [6.45, 7) is 33.8. The lowest BCUT2D eigenvalue weighted by atomic mass is 9.88. The van der Waals surface area contributed by atoms with Crippen molar-refractivity contribution in [3.8, 4) is 45.0 Å². The lowest BCUT2D eigenvalue weighted by Crippen LogP contribution is -2.32. The average molecular weight is 995 g/mol. The van der Waals surface area contributed by atoms with Crippen LogP contribution < -0.4 is 18.3 Å². The minimum absolute atomic E-state index is 0. The van der Waals surface area contributed by atoms with E-state index >= 15 is 0 Å². The first kappa shape index (κ1) is 55.2. The highest BCUT2D eigenvalue weighted by atomic mass is 14.9. The van der Waals surface area contributed by atoms with Gasteiger partial charge in [-0.25, -0.2) is 18.3 Å². The second-order valence-corrected chi connectivity index (χ2v) is 22.7. The van der Waals surface area contributed by atoms with Crippen LogP contribution in [0.25, 0.3) is 45.0 Å². The first-order valence-electron chi connectivity index (χ1n) is 27.5. The third kappa shape index (κ3) is 16.5. The smallest absolute Gasteiger partial charge is 0.201 e. The first-order valence-corrected chi connectivity index (χ1v) is 26.0. The number of aryl methyl sites for hydroxylation is 10. The van der Waals surface area contributed by atoms with Crippen LogP contribution in [0.5, 0.6) is 0 Å². The zero-order valence-electron chi connectivity index (χ0n) is 51.4. The van der Waals surface area contributed by atoms with Gasteiger partial charge >= 0.3 is 0 Å². The maximum Gasteiger partial charge on any atom is 0.212 e. The Labute approximate surface area is 454 Å². The molecule has 4 aromatic carbocycles. The van der Waals surface area contributed by atoms with Crippen LogP contribution in [0.4, 0.5) is 0 Å². The van der Waals surface area contributed by atoms with Crippen LogP contribution in [0, 0.1) is 66.2 Å². The Hall–Kier alpha value is -6.52. The van der Waals surface area contributed by atoms with Gasteiger partial charge in [-0.3, -0.25) is 0 Å². The fourth-order valence-electron chi connectivity index (χ4n) is 9.20. The number of nitrogens with zero attached hydrogens (tertiary/aromatic N) is 4. The predicted molar refractivity (Wildman–Crippen MR) is 317 cm³/mol. The van der Waals surface area contributed by atoms with Crippen LogP contribution >= 0.6 is 0 Å². The molecule has 0 aliphatic heterocycles. The standard InChI is InChI=1S/2C18H24N.C17H22N.C16H20N.CH4/c2*1-14-8-6-7-9-16(14)17-11-10-15(13-19(17)5)12-18(2,3)4;1-11-7-8-16(15(5)14(11)4)17-9-12(2)13(3)10-18(17)6;1-12(2)14-9-10-16(17(4)11-14)15-8-6-5-7-13(15)3;/h2*6-11,13H,12H2,1-5H3;7-10H,1-6H3;5-12H,1-4H3;1H4/q4*+1;/i12D2;;;12D;. The Morgan fingerprint density at radius 1 is 0.405 bits per heavy atom. The van der Waals surface area contributed by atoms with Crippen molar-refractivity contribution in [2.45, 2.75) is 137 Å². The van der Waals surface area contributed by atoms with Crippen LogP contribution in [-0.2, 0) is 41.0 Å². The third-order valence-electron chi connectivity index (χ3n) is 13.6. The molecule has 0 fully saturated rings. The normalized spacial score (nSPS) is 12.0. The Morgan fingerprint density at radius 3 is 1.24 bits per heavy atom. The molecule has 8 aromatic rings. The van der Waals surface area contributed by atoms with Gasteiger partial charge in [-0.05, 0) is 166 Å². The van der Waals surface area contributed by atoms with Gasteiger partial charge in [-0.2, -0.15) is 0 Å². The van der Waals surface area contributed by atoms with E-state index in [0.29, 0.717) is 5.41 Å². The van der Waals surface area contributed by atoms with Gasteiger partial charge in [0.2, 0.25) is 22.8 Å². The molecule has 4 heterocycles. The molecule has 0 amide bonds. The summed E-state index contributed by atoms with van der Waals surface area (Å²) in [6.07, 6.45) is 8.16. The lowest BCUT2D eigenvalue weighted by Gasteiger charge is -2.17. The van der Waals surface area contributed by atoms with Crippen LogP contribution in [-0.4, -0.2) is 0 Å². The molecule has 4 heteroatoms. The molecule has 4 aromatic heterocycles. The summed E-state index contributed by atoms with van der Waals surface area (Å²) < 4.78 is 33.4. The van der Waals surface area contributed by atoms with Crippen molar-refractivity contribution in [3.05, 3.63) is 213 Å². The third-order valence-corrected chi connectivity index (χ3v) is 13.6. The Morgan fingerprint density at radius 2 is 0.824 bits per heavy atom. The minimum atomic E-state index is -1.37. The molecule has 0 aliphatic rings. The number of benzene rings is 4. The molecule has 0 saturated carbocycles. The van der Waals surface area contributed by atoms with Gasteiger partial charge in [0.25, 0.3) is 0 Å². The number of aromatic nitrogens is 4. The molecule has 0 bridgehead atoms. The van der Waals surface area contributed by atoms with Crippen molar-refractivity contribution in [1.82, 2.24) is 0 Å². The number of rotatable bonds is 7. The Bertz CT molecular complexity index is 3290. The molecular weight excluding hydrogens is 897 g/mol. The van der Waals surface area contributed by atoms with Gasteiger partial charge < -0.3 is 0 Å². The molecule has 4 nitrogen and oxygen atoms in total. The fraction of sp³-hybridized carbons (Fsp3) is 0.371. The van der Waals surface area contributed by atoms with Gasteiger partial charge in [0.1, 0.15) is 28.2 Å². The molecule has 0 radical (unpaired) electrons. The van der Waals surface area contributed by atoms with E-state index in [2.05, 4.69) is 226 Å². The molecule has 0 N–H and O–H groups in total. The molecule has 0 aliphatic carbocycles. The molecule has 74 heavy (non-hydrogen) atoms. The van der Waals surface area contributed by atoms with Crippen molar-refractivity contribution in [3.63, 3.8) is 0 Å². The monoisotopic (exact) mass is 994 g/mol. The first-order chi connectivity index (χ1) is 35.3. The number of hydrogen-bond acceptors (Lipinski definition) is 0.